The van der Waals surface area contributed by atoms with Crippen LogP contribution in [0.3, 0.4) is 0 Å². The number of carbonyl (C=O) groups excluding carboxylic acids is 1. The van der Waals surface area contributed by atoms with Gasteiger partial charge < -0.3 is 4.90 Å². The Balaban J connectivity index is 3.82. The van der Waals surface area contributed by atoms with Crippen molar-refractivity contribution in [1.82, 2.24) is 4.90 Å². The number of carbonyl (C=O) groups is 1. The Kier molecular flexibility index (Phi) is 9.36. The third kappa shape index (κ3) is 7.72. The van der Waals surface area contributed by atoms with Crippen LogP contribution in [-0.4, -0.2) is 24.4 Å². The molecule has 0 aliphatic rings. The van der Waals surface area contributed by atoms with Crippen LogP contribution in [0.4, 0.5) is 0 Å². The van der Waals surface area contributed by atoms with Crippen LogP contribution in [0.5, 0.6) is 0 Å². The fraction of sp³-hybridized carbons (Fsp3) is 0.929. The fourth-order valence-corrected chi connectivity index (χ4v) is 2.11. The molecule has 96 valence electrons. The molecule has 0 spiro atoms. The molecule has 0 aliphatic carbocycles. The minimum Gasteiger partial charge on any atom is -0.346 e. The van der Waals surface area contributed by atoms with Gasteiger partial charge in [0.05, 0.1) is 0 Å². The lowest BCUT2D eigenvalue weighted by atomic mass is 9.95. The summed E-state index contributed by atoms with van der Waals surface area (Å²) in [7, 11) is 1.91. The van der Waals surface area contributed by atoms with E-state index >= 15 is 0 Å². The van der Waals surface area contributed by atoms with Crippen molar-refractivity contribution in [2.24, 2.45) is 5.92 Å². The van der Waals surface area contributed by atoms with Gasteiger partial charge in [-0.25, -0.2) is 0 Å². The number of rotatable bonds is 9. The third-order valence-electron chi connectivity index (χ3n) is 3.23. The normalized spacial score (nSPS) is 12.5. The zero-order valence-electron chi connectivity index (χ0n) is 11.6. The lowest BCUT2D eigenvalue weighted by Crippen LogP contribution is -2.29. The van der Waals surface area contributed by atoms with E-state index in [0.29, 0.717) is 5.92 Å². The average molecular weight is 227 g/mol. The van der Waals surface area contributed by atoms with Crippen LogP contribution in [0.25, 0.3) is 0 Å². The summed E-state index contributed by atoms with van der Waals surface area (Å²) in [6, 6.07) is 0. The number of amides is 1. The van der Waals surface area contributed by atoms with E-state index in [4.69, 9.17) is 0 Å². The molecule has 0 radical (unpaired) electrons. The van der Waals surface area contributed by atoms with Crippen molar-refractivity contribution in [2.45, 2.75) is 65.7 Å². The average Bonchev–Trinajstić information content (AvgIpc) is 2.24. The van der Waals surface area contributed by atoms with Crippen molar-refractivity contribution in [1.29, 1.82) is 0 Å². The molecule has 0 heterocycles. The molecule has 0 aromatic rings. The van der Waals surface area contributed by atoms with Crippen LogP contribution in [0.15, 0.2) is 0 Å². The quantitative estimate of drug-likeness (QED) is 0.548. The molecule has 0 saturated heterocycles. The molecule has 0 aromatic heterocycles. The second kappa shape index (κ2) is 9.68. The van der Waals surface area contributed by atoms with Crippen LogP contribution < -0.4 is 0 Å². The summed E-state index contributed by atoms with van der Waals surface area (Å²) in [5.74, 6) is 0.894. The second-order valence-electron chi connectivity index (χ2n) is 4.90. The first-order valence-electron chi connectivity index (χ1n) is 6.83. The van der Waals surface area contributed by atoms with Crippen molar-refractivity contribution in [3.8, 4) is 0 Å². The molecule has 1 amide bonds. The van der Waals surface area contributed by atoms with Gasteiger partial charge in [-0.15, -0.1) is 0 Å². The minimum atomic E-state index is 0.190. The van der Waals surface area contributed by atoms with Gasteiger partial charge in [0.25, 0.3) is 0 Å². The molecular weight excluding hydrogens is 198 g/mol. The molecule has 1 atom stereocenters. The van der Waals surface area contributed by atoms with Gasteiger partial charge in [-0.2, -0.15) is 0 Å². The maximum absolute atomic E-state index is 11.2. The molecule has 2 nitrogen and oxygen atoms in total. The SMILES string of the molecule is CCCCCCC(CCC)CN(C)C(C)=O. The third-order valence-corrected chi connectivity index (χ3v) is 3.23. The molecule has 0 aliphatic heterocycles. The molecule has 0 fully saturated rings. The highest BCUT2D eigenvalue weighted by Crippen LogP contribution is 2.17. The maximum atomic E-state index is 11.2. The standard InChI is InChI=1S/C14H29NO/c1-5-7-8-9-11-14(10-6-2)12-15(4)13(3)16/h14H,5-12H2,1-4H3. The van der Waals surface area contributed by atoms with E-state index in [1.807, 2.05) is 11.9 Å². The van der Waals surface area contributed by atoms with E-state index in [-0.39, 0.29) is 5.91 Å². The summed E-state index contributed by atoms with van der Waals surface area (Å²) >= 11 is 0. The van der Waals surface area contributed by atoms with Crippen molar-refractivity contribution in [2.75, 3.05) is 13.6 Å². The minimum absolute atomic E-state index is 0.190. The first-order valence-corrected chi connectivity index (χ1v) is 6.83. The molecule has 0 saturated carbocycles. The van der Waals surface area contributed by atoms with E-state index in [1.165, 1.54) is 44.9 Å². The van der Waals surface area contributed by atoms with Gasteiger partial charge in [0.15, 0.2) is 0 Å². The van der Waals surface area contributed by atoms with Crippen LogP contribution in [0.1, 0.15) is 65.7 Å². The van der Waals surface area contributed by atoms with E-state index in [1.54, 1.807) is 6.92 Å². The monoisotopic (exact) mass is 227 g/mol. The molecule has 2 heteroatoms. The Morgan fingerprint density at radius 3 is 2.25 bits per heavy atom. The lowest BCUT2D eigenvalue weighted by Gasteiger charge is -2.23. The van der Waals surface area contributed by atoms with Gasteiger partial charge in [-0.3, -0.25) is 4.79 Å². The Bertz CT molecular complexity index is 180. The Hall–Kier alpha value is -0.530. The van der Waals surface area contributed by atoms with E-state index in [0.717, 1.165) is 6.54 Å². The van der Waals surface area contributed by atoms with Crippen molar-refractivity contribution >= 4 is 5.91 Å². The van der Waals surface area contributed by atoms with Gasteiger partial charge in [0.1, 0.15) is 0 Å². The van der Waals surface area contributed by atoms with E-state index in [2.05, 4.69) is 13.8 Å². The second-order valence-corrected chi connectivity index (χ2v) is 4.90. The molecular formula is C14H29NO. The zero-order valence-corrected chi connectivity index (χ0v) is 11.6. The lowest BCUT2D eigenvalue weighted by molar-refractivity contribution is -0.128. The molecule has 1 unspecified atom stereocenters. The Morgan fingerprint density at radius 1 is 1.06 bits per heavy atom. The van der Waals surface area contributed by atoms with Crippen molar-refractivity contribution in [3.63, 3.8) is 0 Å². The van der Waals surface area contributed by atoms with Gasteiger partial charge in [-0.05, 0) is 18.8 Å². The highest BCUT2D eigenvalue weighted by Gasteiger charge is 2.12. The molecule has 16 heavy (non-hydrogen) atoms. The van der Waals surface area contributed by atoms with Crippen LogP contribution in [-0.2, 0) is 4.79 Å². The number of nitrogens with zero attached hydrogens (tertiary/aromatic N) is 1. The highest BCUT2D eigenvalue weighted by atomic mass is 16.2. The Labute approximate surface area is 101 Å². The van der Waals surface area contributed by atoms with Gasteiger partial charge >= 0.3 is 0 Å². The summed E-state index contributed by atoms with van der Waals surface area (Å²) in [6.07, 6.45) is 9.08. The Morgan fingerprint density at radius 2 is 1.75 bits per heavy atom. The number of hydrogen-bond donors (Lipinski definition) is 0. The number of hydrogen-bond acceptors (Lipinski definition) is 1. The molecule has 0 aromatic carbocycles. The van der Waals surface area contributed by atoms with Crippen LogP contribution >= 0.6 is 0 Å². The van der Waals surface area contributed by atoms with Crippen LogP contribution in [0, 0.1) is 5.92 Å². The molecule has 0 bridgehead atoms. The first-order chi connectivity index (χ1) is 7.61. The van der Waals surface area contributed by atoms with Gasteiger partial charge in [0.2, 0.25) is 5.91 Å². The predicted octanol–water partition coefficient (Wildman–Crippen LogP) is 3.85. The number of unbranched alkanes of at least 4 members (excludes halogenated alkanes) is 3. The smallest absolute Gasteiger partial charge is 0.219 e. The molecule has 0 rings (SSSR count). The topological polar surface area (TPSA) is 20.3 Å². The summed E-state index contributed by atoms with van der Waals surface area (Å²) < 4.78 is 0. The summed E-state index contributed by atoms with van der Waals surface area (Å²) in [5, 5.41) is 0. The largest absolute Gasteiger partial charge is 0.346 e. The first kappa shape index (κ1) is 15.5. The summed E-state index contributed by atoms with van der Waals surface area (Å²) in [4.78, 5) is 13.0. The van der Waals surface area contributed by atoms with Gasteiger partial charge in [0, 0.05) is 20.5 Å². The van der Waals surface area contributed by atoms with E-state index in [9.17, 15) is 4.79 Å². The van der Waals surface area contributed by atoms with E-state index < -0.39 is 0 Å². The highest BCUT2D eigenvalue weighted by molar-refractivity contribution is 5.72. The van der Waals surface area contributed by atoms with Crippen LogP contribution in [0.2, 0.25) is 0 Å². The zero-order chi connectivity index (χ0) is 12.4. The summed E-state index contributed by atoms with van der Waals surface area (Å²) in [6.45, 7) is 7.06. The maximum Gasteiger partial charge on any atom is 0.219 e. The summed E-state index contributed by atoms with van der Waals surface area (Å²) in [5.41, 5.74) is 0. The van der Waals surface area contributed by atoms with Crippen molar-refractivity contribution < 1.29 is 4.79 Å². The van der Waals surface area contributed by atoms with Crippen molar-refractivity contribution in [3.05, 3.63) is 0 Å². The fourth-order valence-electron chi connectivity index (χ4n) is 2.11. The van der Waals surface area contributed by atoms with Gasteiger partial charge in [-0.1, -0.05) is 46.0 Å². The molecule has 0 N–H and O–H groups in total. The predicted molar refractivity (Wildman–Crippen MR) is 70.5 cm³/mol.